The van der Waals surface area contributed by atoms with Crippen LogP contribution in [-0.2, 0) is 16.1 Å². The third kappa shape index (κ3) is 5.66. The van der Waals surface area contributed by atoms with Gasteiger partial charge in [0.2, 0.25) is 11.8 Å². The van der Waals surface area contributed by atoms with Crippen LogP contribution in [-0.4, -0.2) is 34.1 Å². The van der Waals surface area contributed by atoms with Crippen LogP contribution in [0.4, 0.5) is 13.2 Å². The van der Waals surface area contributed by atoms with E-state index in [9.17, 15) is 18.0 Å². The van der Waals surface area contributed by atoms with Crippen molar-refractivity contribution in [3.8, 4) is 0 Å². The van der Waals surface area contributed by atoms with Crippen LogP contribution in [0.5, 0.6) is 0 Å². The van der Waals surface area contributed by atoms with Crippen LogP contribution in [0.1, 0.15) is 11.8 Å². The van der Waals surface area contributed by atoms with Crippen molar-refractivity contribution in [1.29, 1.82) is 0 Å². The maximum Gasteiger partial charge on any atom is 0.411 e. The lowest BCUT2D eigenvalue weighted by Gasteiger charge is -2.04. The van der Waals surface area contributed by atoms with Crippen LogP contribution in [0.25, 0.3) is 6.08 Å². The largest absolute Gasteiger partial charge is 0.478 e. The van der Waals surface area contributed by atoms with Crippen molar-refractivity contribution in [1.82, 2.24) is 10.2 Å². The number of carboxylic acid groups (broad SMARTS) is 1. The third-order valence-electron chi connectivity index (χ3n) is 1.34. The molecule has 0 aliphatic carbocycles. The van der Waals surface area contributed by atoms with E-state index in [2.05, 4.69) is 14.9 Å². The summed E-state index contributed by atoms with van der Waals surface area (Å²) in [5, 5.41) is 15.0. The number of aromatic nitrogens is 2. The number of alkyl halides is 3. The molecule has 17 heavy (non-hydrogen) atoms. The molecule has 0 saturated heterocycles. The van der Waals surface area contributed by atoms with Gasteiger partial charge in [-0.05, 0) is 0 Å². The number of carboxylic acids is 1. The average molecular weight is 252 g/mol. The second-order valence-corrected chi connectivity index (χ2v) is 2.81. The minimum atomic E-state index is -4.42. The number of carbonyl (C=O) groups is 1. The highest BCUT2D eigenvalue weighted by molar-refractivity contribution is 5.84. The molecule has 1 N–H and O–H groups in total. The standard InChI is InChI=1S/C8H7F3N2O4/c9-8(10,11)4-16-3-6-13-12-5(17-6)1-2-7(14)15/h1-2H,3-4H2,(H,14,15)/b2-1+. The van der Waals surface area contributed by atoms with Gasteiger partial charge in [0.1, 0.15) is 13.2 Å². The third-order valence-corrected chi connectivity index (χ3v) is 1.34. The second-order valence-electron chi connectivity index (χ2n) is 2.81. The van der Waals surface area contributed by atoms with Gasteiger partial charge in [0.05, 0.1) is 0 Å². The second kappa shape index (κ2) is 5.43. The van der Waals surface area contributed by atoms with Crippen molar-refractivity contribution in [2.45, 2.75) is 12.8 Å². The number of aliphatic carboxylic acids is 1. The Bertz CT molecular complexity index is 413. The van der Waals surface area contributed by atoms with E-state index in [4.69, 9.17) is 9.52 Å². The minimum absolute atomic E-state index is 0.127. The van der Waals surface area contributed by atoms with Crippen LogP contribution in [0.2, 0.25) is 0 Å². The van der Waals surface area contributed by atoms with Crippen LogP contribution in [0.15, 0.2) is 10.5 Å². The molecule has 0 aliphatic rings. The van der Waals surface area contributed by atoms with Gasteiger partial charge in [0.15, 0.2) is 0 Å². The van der Waals surface area contributed by atoms with Gasteiger partial charge in [-0.25, -0.2) is 4.79 Å². The lowest BCUT2D eigenvalue weighted by Crippen LogP contribution is -2.16. The summed E-state index contributed by atoms with van der Waals surface area (Å²) >= 11 is 0. The Morgan fingerprint density at radius 2 is 2.18 bits per heavy atom. The van der Waals surface area contributed by atoms with E-state index in [0.717, 1.165) is 12.2 Å². The molecule has 0 bridgehead atoms. The summed E-state index contributed by atoms with van der Waals surface area (Å²) in [5.41, 5.74) is 0. The summed E-state index contributed by atoms with van der Waals surface area (Å²) in [6.07, 6.45) is -2.65. The van der Waals surface area contributed by atoms with Crippen LogP contribution in [0.3, 0.4) is 0 Å². The van der Waals surface area contributed by atoms with E-state index < -0.39 is 25.4 Å². The van der Waals surface area contributed by atoms with Crippen molar-refractivity contribution >= 4 is 12.0 Å². The molecule has 1 aromatic rings. The van der Waals surface area contributed by atoms with E-state index in [1.807, 2.05) is 0 Å². The lowest BCUT2D eigenvalue weighted by molar-refractivity contribution is -0.177. The summed E-state index contributed by atoms with van der Waals surface area (Å²) in [6, 6.07) is 0. The van der Waals surface area contributed by atoms with E-state index in [1.54, 1.807) is 0 Å². The number of hydrogen-bond donors (Lipinski definition) is 1. The molecule has 0 spiro atoms. The van der Waals surface area contributed by atoms with E-state index in [1.165, 1.54) is 0 Å². The highest BCUT2D eigenvalue weighted by Crippen LogP contribution is 2.15. The molecular formula is C8H7F3N2O4. The topological polar surface area (TPSA) is 85.5 Å². The zero-order chi connectivity index (χ0) is 12.9. The fraction of sp³-hybridized carbons (Fsp3) is 0.375. The molecule has 0 aliphatic heterocycles. The van der Waals surface area contributed by atoms with Gasteiger partial charge in [-0.2, -0.15) is 13.2 Å². The molecule has 0 radical (unpaired) electrons. The molecule has 9 heteroatoms. The highest BCUT2D eigenvalue weighted by atomic mass is 19.4. The summed E-state index contributed by atoms with van der Waals surface area (Å²) in [5.74, 6) is -1.50. The van der Waals surface area contributed by atoms with Gasteiger partial charge >= 0.3 is 12.1 Å². The average Bonchev–Trinajstić information content (AvgIpc) is 2.61. The molecule has 1 rings (SSSR count). The zero-order valence-corrected chi connectivity index (χ0v) is 8.27. The normalized spacial score (nSPS) is 12.2. The Kier molecular flexibility index (Phi) is 4.21. The van der Waals surface area contributed by atoms with Gasteiger partial charge < -0.3 is 14.3 Å². The molecule has 1 heterocycles. The maximum atomic E-state index is 11.7. The van der Waals surface area contributed by atoms with Crippen LogP contribution < -0.4 is 0 Å². The van der Waals surface area contributed by atoms with Crippen molar-refractivity contribution in [2.75, 3.05) is 6.61 Å². The van der Waals surface area contributed by atoms with E-state index >= 15 is 0 Å². The van der Waals surface area contributed by atoms with Gasteiger partial charge in [-0.15, -0.1) is 10.2 Å². The maximum absolute atomic E-state index is 11.7. The first-order valence-electron chi connectivity index (χ1n) is 4.25. The first-order valence-corrected chi connectivity index (χ1v) is 4.25. The van der Waals surface area contributed by atoms with Gasteiger partial charge in [0, 0.05) is 12.2 Å². The Labute approximate surface area is 92.7 Å². The van der Waals surface area contributed by atoms with Crippen LogP contribution >= 0.6 is 0 Å². The highest BCUT2D eigenvalue weighted by Gasteiger charge is 2.27. The number of halogens is 3. The number of rotatable bonds is 5. The Morgan fingerprint density at radius 3 is 2.76 bits per heavy atom. The number of ether oxygens (including phenoxy) is 1. The molecule has 0 fully saturated rings. The summed E-state index contributed by atoms with van der Waals surface area (Å²) in [6.45, 7) is -1.91. The predicted octanol–water partition coefficient (Wildman–Crippen LogP) is 1.25. The van der Waals surface area contributed by atoms with Crippen molar-refractivity contribution in [3.05, 3.63) is 17.9 Å². The summed E-state index contributed by atoms with van der Waals surface area (Å²) in [7, 11) is 0. The quantitative estimate of drug-likeness (QED) is 0.793. The number of hydrogen-bond acceptors (Lipinski definition) is 5. The van der Waals surface area contributed by atoms with E-state index in [-0.39, 0.29) is 11.8 Å². The van der Waals surface area contributed by atoms with Crippen molar-refractivity contribution < 1.29 is 32.2 Å². The molecule has 6 nitrogen and oxygen atoms in total. The SMILES string of the molecule is O=C(O)/C=C/c1nnc(COCC(F)(F)F)o1. The molecule has 0 amide bonds. The Morgan fingerprint density at radius 1 is 1.47 bits per heavy atom. The Hall–Kier alpha value is -1.90. The molecule has 0 aromatic carbocycles. The smallest absolute Gasteiger partial charge is 0.411 e. The zero-order valence-electron chi connectivity index (χ0n) is 8.27. The van der Waals surface area contributed by atoms with Gasteiger partial charge in [-0.3, -0.25) is 0 Å². The van der Waals surface area contributed by atoms with Gasteiger partial charge in [0.25, 0.3) is 0 Å². The summed E-state index contributed by atoms with van der Waals surface area (Å²) < 4.78 is 44.2. The predicted molar refractivity (Wildman–Crippen MR) is 46.7 cm³/mol. The molecule has 1 aromatic heterocycles. The first-order chi connectivity index (χ1) is 7.87. The van der Waals surface area contributed by atoms with E-state index in [0.29, 0.717) is 0 Å². The molecule has 0 saturated carbocycles. The summed E-state index contributed by atoms with van der Waals surface area (Å²) in [4.78, 5) is 10.1. The lowest BCUT2D eigenvalue weighted by atomic mass is 10.5. The Balaban J connectivity index is 2.43. The number of nitrogens with zero attached hydrogens (tertiary/aromatic N) is 2. The minimum Gasteiger partial charge on any atom is -0.478 e. The van der Waals surface area contributed by atoms with Crippen molar-refractivity contribution in [3.63, 3.8) is 0 Å². The van der Waals surface area contributed by atoms with Crippen LogP contribution in [0, 0.1) is 0 Å². The monoisotopic (exact) mass is 252 g/mol. The van der Waals surface area contributed by atoms with Crippen molar-refractivity contribution in [2.24, 2.45) is 0 Å². The van der Waals surface area contributed by atoms with Gasteiger partial charge in [-0.1, -0.05) is 0 Å². The first kappa shape index (κ1) is 13.2. The fourth-order valence-electron chi connectivity index (χ4n) is 0.789. The fourth-order valence-corrected chi connectivity index (χ4v) is 0.789. The molecular weight excluding hydrogens is 245 g/mol. The molecule has 0 atom stereocenters. The molecule has 94 valence electrons. The molecule has 0 unspecified atom stereocenters.